The number of methoxy groups -OCH3 is 2. The van der Waals surface area contributed by atoms with E-state index in [1.165, 1.54) is 0 Å². The van der Waals surface area contributed by atoms with Crippen molar-refractivity contribution in [2.75, 3.05) is 32.7 Å². The van der Waals surface area contributed by atoms with Crippen LogP contribution in [0.1, 0.15) is 0 Å². The van der Waals surface area contributed by atoms with E-state index < -0.39 is 0 Å². The molecule has 3 aromatic rings. The third-order valence-corrected chi connectivity index (χ3v) is 3.87. The molecule has 2 aromatic carbocycles. The molecular weight excluding hydrogens is 330 g/mol. The van der Waals surface area contributed by atoms with Crippen molar-refractivity contribution in [3.05, 3.63) is 54.6 Å². The van der Waals surface area contributed by atoms with E-state index in [1.54, 1.807) is 14.2 Å². The van der Waals surface area contributed by atoms with Gasteiger partial charge in [-0.15, -0.1) is 0 Å². The van der Waals surface area contributed by atoms with Gasteiger partial charge in [0.1, 0.15) is 0 Å². The highest BCUT2D eigenvalue weighted by Crippen LogP contribution is 2.33. The maximum Gasteiger partial charge on any atom is 0.223 e. The van der Waals surface area contributed by atoms with Crippen molar-refractivity contribution < 1.29 is 14.6 Å². The number of anilines is 1. The zero-order chi connectivity index (χ0) is 18.4. The number of hydrogen-bond donors (Lipinski definition) is 2. The summed E-state index contributed by atoms with van der Waals surface area (Å²) in [6.07, 6.45) is 0. The third kappa shape index (κ3) is 3.92. The first-order chi connectivity index (χ1) is 12.7. The minimum atomic E-state index is 0.00458. The predicted molar refractivity (Wildman–Crippen MR) is 102 cm³/mol. The van der Waals surface area contributed by atoms with Gasteiger partial charge in [0.15, 0.2) is 11.5 Å². The molecule has 0 saturated heterocycles. The molecule has 134 valence electrons. The Morgan fingerprint density at radius 2 is 1.54 bits per heavy atom. The Hall–Kier alpha value is -3.12. The van der Waals surface area contributed by atoms with Crippen LogP contribution in [0.2, 0.25) is 0 Å². The van der Waals surface area contributed by atoms with Crippen molar-refractivity contribution in [2.24, 2.45) is 0 Å². The maximum absolute atomic E-state index is 9.08. The monoisotopic (exact) mass is 351 g/mol. The summed E-state index contributed by atoms with van der Waals surface area (Å²) in [5.41, 5.74) is 3.42. The summed E-state index contributed by atoms with van der Waals surface area (Å²) in [5.74, 6) is 1.76. The first-order valence-corrected chi connectivity index (χ1v) is 8.27. The second-order valence-corrected chi connectivity index (χ2v) is 5.55. The number of aliphatic hydroxyl groups excluding tert-OH is 1. The van der Waals surface area contributed by atoms with Crippen LogP contribution in [0.4, 0.5) is 5.95 Å². The fourth-order valence-corrected chi connectivity index (χ4v) is 2.59. The van der Waals surface area contributed by atoms with E-state index in [-0.39, 0.29) is 6.61 Å². The van der Waals surface area contributed by atoms with E-state index in [4.69, 9.17) is 14.6 Å². The topological polar surface area (TPSA) is 76.5 Å². The number of benzene rings is 2. The zero-order valence-corrected chi connectivity index (χ0v) is 14.8. The van der Waals surface area contributed by atoms with Gasteiger partial charge >= 0.3 is 0 Å². The standard InChI is InChI=1S/C20H21N3O3/c1-25-18-9-8-15(12-19(18)26-2)17-13-16(14-6-4-3-5-7-14)22-20(23-17)21-10-11-24/h3-9,12-13,24H,10-11H2,1-2H3,(H,21,22,23). The quantitative estimate of drug-likeness (QED) is 0.681. The molecule has 0 amide bonds. The van der Waals surface area contributed by atoms with Gasteiger partial charge in [0.25, 0.3) is 0 Å². The molecule has 0 radical (unpaired) electrons. The van der Waals surface area contributed by atoms with Crippen molar-refractivity contribution in [3.63, 3.8) is 0 Å². The van der Waals surface area contributed by atoms with Crippen molar-refractivity contribution >= 4 is 5.95 Å². The first kappa shape index (κ1) is 17.7. The minimum Gasteiger partial charge on any atom is -0.493 e. The normalized spacial score (nSPS) is 10.4. The number of hydrogen-bond acceptors (Lipinski definition) is 6. The van der Waals surface area contributed by atoms with Gasteiger partial charge in [0.05, 0.1) is 32.2 Å². The van der Waals surface area contributed by atoms with Crippen LogP contribution < -0.4 is 14.8 Å². The van der Waals surface area contributed by atoms with E-state index in [0.29, 0.717) is 24.0 Å². The molecule has 0 fully saturated rings. The summed E-state index contributed by atoms with van der Waals surface area (Å²) < 4.78 is 10.7. The zero-order valence-electron chi connectivity index (χ0n) is 14.8. The smallest absolute Gasteiger partial charge is 0.223 e. The van der Waals surface area contributed by atoms with Crippen molar-refractivity contribution in [1.82, 2.24) is 9.97 Å². The van der Waals surface area contributed by atoms with Gasteiger partial charge < -0.3 is 19.9 Å². The summed E-state index contributed by atoms with van der Waals surface area (Å²) in [4.78, 5) is 9.12. The van der Waals surface area contributed by atoms with Crippen LogP contribution in [0.15, 0.2) is 54.6 Å². The maximum atomic E-state index is 9.08. The van der Waals surface area contributed by atoms with Gasteiger partial charge in [-0.05, 0) is 24.3 Å². The molecule has 0 aliphatic carbocycles. The average Bonchev–Trinajstić information content (AvgIpc) is 2.72. The lowest BCUT2D eigenvalue weighted by Gasteiger charge is -2.12. The molecule has 0 saturated carbocycles. The fraction of sp³-hybridized carbons (Fsp3) is 0.200. The van der Waals surface area contributed by atoms with Crippen molar-refractivity contribution in [1.29, 1.82) is 0 Å². The molecular formula is C20H21N3O3. The average molecular weight is 351 g/mol. The Labute approximate surface area is 152 Å². The van der Waals surface area contributed by atoms with Gasteiger partial charge in [-0.2, -0.15) is 0 Å². The Morgan fingerprint density at radius 1 is 0.846 bits per heavy atom. The summed E-state index contributed by atoms with van der Waals surface area (Å²) >= 11 is 0. The van der Waals surface area contributed by atoms with Gasteiger partial charge in [0.2, 0.25) is 5.95 Å². The van der Waals surface area contributed by atoms with Crippen LogP contribution in [-0.2, 0) is 0 Å². The van der Waals surface area contributed by atoms with E-state index in [1.807, 2.05) is 54.6 Å². The molecule has 0 aliphatic rings. The summed E-state index contributed by atoms with van der Waals surface area (Å²) in [7, 11) is 3.21. The first-order valence-electron chi connectivity index (χ1n) is 8.27. The largest absolute Gasteiger partial charge is 0.493 e. The van der Waals surface area contributed by atoms with Crippen LogP contribution in [0, 0.1) is 0 Å². The SMILES string of the molecule is COc1ccc(-c2cc(-c3ccccc3)nc(NCCO)n2)cc1OC. The Bertz CT molecular complexity index is 869. The Balaban J connectivity index is 2.08. The summed E-state index contributed by atoms with van der Waals surface area (Å²) in [6, 6.07) is 17.5. The molecule has 2 N–H and O–H groups in total. The molecule has 1 aromatic heterocycles. The van der Waals surface area contributed by atoms with Gasteiger partial charge in [0, 0.05) is 17.7 Å². The fourth-order valence-electron chi connectivity index (χ4n) is 2.59. The lowest BCUT2D eigenvalue weighted by atomic mass is 10.1. The van der Waals surface area contributed by atoms with Gasteiger partial charge in [-0.3, -0.25) is 0 Å². The van der Waals surface area contributed by atoms with Crippen LogP contribution in [0.25, 0.3) is 22.5 Å². The number of ether oxygens (including phenoxy) is 2. The van der Waals surface area contributed by atoms with E-state index in [9.17, 15) is 0 Å². The Morgan fingerprint density at radius 3 is 2.19 bits per heavy atom. The lowest BCUT2D eigenvalue weighted by molar-refractivity contribution is 0.311. The van der Waals surface area contributed by atoms with E-state index in [2.05, 4.69) is 15.3 Å². The lowest BCUT2D eigenvalue weighted by Crippen LogP contribution is -2.09. The van der Waals surface area contributed by atoms with Gasteiger partial charge in [-0.25, -0.2) is 9.97 Å². The summed E-state index contributed by atoms with van der Waals surface area (Å²) in [6.45, 7) is 0.383. The van der Waals surface area contributed by atoms with Gasteiger partial charge in [-0.1, -0.05) is 30.3 Å². The highest BCUT2D eigenvalue weighted by atomic mass is 16.5. The number of aliphatic hydroxyl groups is 1. The van der Waals surface area contributed by atoms with E-state index >= 15 is 0 Å². The molecule has 26 heavy (non-hydrogen) atoms. The van der Waals surface area contributed by atoms with Crippen molar-refractivity contribution in [2.45, 2.75) is 0 Å². The number of nitrogens with zero attached hydrogens (tertiary/aromatic N) is 2. The molecule has 0 atom stereocenters. The highest BCUT2D eigenvalue weighted by Gasteiger charge is 2.11. The van der Waals surface area contributed by atoms with Crippen LogP contribution >= 0.6 is 0 Å². The molecule has 0 aliphatic heterocycles. The van der Waals surface area contributed by atoms with E-state index in [0.717, 1.165) is 22.5 Å². The minimum absolute atomic E-state index is 0.00458. The highest BCUT2D eigenvalue weighted by molar-refractivity contribution is 5.71. The molecule has 0 bridgehead atoms. The number of aromatic nitrogens is 2. The summed E-state index contributed by atoms with van der Waals surface area (Å²) in [5, 5.41) is 12.1. The second kappa shape index (κ2) is 8.31. The van der Waals surface area contributed by atoms with Crippen LogP contribution in [0.5, 0.6) is 11.5 Å². The molecule has 0 unspecified atom stereocenters. The van der Waals surface area contributed by atoms with Crippen LogP contribution in [-0.4, -0.2) is 42.4 Å². The molecule has 0 spiro atoms. The number of rotatable bonds is 7. The molecule has 3 rings (SSSR count). The van der Waals surface area contributed by atoms with Crippen LogP contribution in [0.3, 0.4) is 0 Å². The number of nitrogens with one attached hydrogen (secondary N) is 1. The second-order valence-electron chi connectivity index (χ2n) is 5.55. The molecule has 6 nitrogen and oxygen atoms in total. The predicted octanol–water partition coefficient (Wildman–Crippen LogP) is 3.23. The van der Waals surface area contributed by atoms with Crippen molar-refractivity contribution in [3.8, 4) is 34.0 Å². The molecule has 1 heterocycles. The third-order valence-electron chi connectivity index (χ3n) is 3.87. The molecule has 6 heteroatoms. The Kier molecular flexibility index (Phi) is 5.66.